The molecule has 0 amide bonds. The van der Waals surface area contributed by atoms with Gasteiger partial charge in [0.2, 0.25) is 0 Å². The molecule has 0 saturated carbocycles. The van der Waals surface area contributed by atoms with Gasteiger partial charge in [0.05, 0.1) is 14.2 Å². The Morgan fingerprint density at radius 1 is 0.697 bits per heavy atom. The van der Waals surface area contributed by atoms with Crippen LogP contribution < -0.4 is 14.2 Å². The average molecular weight is 437 g/mol. The first-order chi connectivity index (χ1) is 16.2. The zero-order valence-corrected chi connectivity index (χ0v) is 18.5. The lowest BCUT2D eigenvalue weighted by Crippen LogP contribution is -2.04. The summed E-state index contributed by atoms with van der Waals surface area (Å²) in [7, 11) is 3.19. The third-order valence-corrected chi connectivity index (χ3v) is 5.18. The molecule has 4 heteroatoms. The maximum atomic E-state index is 12.5. The molecule has 0 bridgehead atoms. The number of hydrogen-bond acceptors (Lipinski definition) is 4. The van der Waals surface area contributed by atoms with Crippen LogP contribution in [0, 0.1) is 0 Å². The number of methoxy groups -OCH3 is 2. The zero-order chi connectivity index (χ0) is 23.0. The van der Waals surface area contributed by atoms with Crippen LogP contribution in [-0.4, -0.2) is 20.2 Å². The molecule has 33 heavy (non-hydrogen) atoms. The van der Waals surface area contributed by atoms with E-state index in [9.17, 15) is 4.79 Å². The maximum Gasteiger partial charge on any atom is 0.336 e. The van der Waals surface area contributed by atoms with Gasteiger partial charge in [-0.05, 0) is 46.2 Å². The summed E-state index contributed by atoms with van der Waals surface area (Å²) in [6.45, 7) is 0. The van der Waals surface area contributed by atoms with E-state index in [0.717, 1.165) is 27.5 Å². The Hall–Kier alpha value is -4.31. The van der Waals surface area contributed by atoms with Crippen LogP contribution in [0.5, 0.6) is 17.2 Å². The number of fused-ring (bicyclic) bond motifs is 1. The highest BCUT2D eigenvalue weighted by molar-refractivity contribution is 5.92. The summed E-state index contributed by atoms with van der Waals surface area (Å²) in [6.07, 6.45) is 7.07. The molecule has 0 aromatic heterocycles. The Morgan fingerprint density at radius 3 is 2.21 bits per heavy atom. The molecule has 0 aliphatic rings. The lowest BCUT2D eigenvalue weighted by Gasteiger charge is -2.11. The molecule has 0 radical (unpaired) electrons. The molecule has 0 fully saturated rings. The zero-order valence-electron chi connectivity index (χ0n) is 18.5. The smallest absolute Gasteiger partial charge is 0.336 e. The Labute approximate surface area is 193 Å². The lowest BCUT2D eigenvalue weighted by atomic mass is 10.0. The van der Waals surface area contributed by atoms with Crippen molar-refractivity contribution in [2.24, 2.45) is 0 Å². The van der Waals surface area contributed by atoms with Crippen LogP contribution in [0.1, 0.15) is 16.7 Å². The normalized spacial score (nSPS) is 11.2. The third kappa shape index (κ3) is 5.49. The van der Waals surface area contributed by atoms with E-state index in [0.29, 0.717) is 17.2 Å². The van der Waals surface area contributed by atoms with E-state index in [1.54, 1.807) is 32.4 Å². The molecule has 4 nitrogen and oxygen atoms in total. The van der Waals surface area contributed by atoms with Gasteiger partial charge in [-0.1, -0.05) is 72.8 Å². The van der Waals surface area contributed by atoms with Gasteiger partial charge in [-0.3, -0.25) is 0 Å². The Kier molecular flexibility index (Phi) is 6.86. The van der Waals surface area contributed by atoms with E-state index < -0.39 is 5.97 Å². The monoisotopic (exact) mass is 436 g/mol. The van der Waals surface area contributed by atoms with Gasteiger partial charge in [-0.2, -0.15) is 0 Å². The first-order valence-corrected chi connectivity index (χ1v) is 10.5. The molecule has 164 valence electrons. The van der Waals surface area contributed by atoms with E-state index in [2.05, 4.69) is 0 Å². The minimum absolute atomic E-state index is 0.471. The highest BCUT2D eigenvalue weighted by Gasteiger charge is 2.10. The Bertz CT molecular complexity index is 1320. The highest BCUT2D eigenvalue weighted by atomic mass is 16.5. The average Bonchev–Trinajstić information content (AvgIpc) is 2.86. The van der Waals surface area contributed by atoms with E-state index in [4.69, 9.17) is 14.2 Å². The molecule has 0 saturated heterocycles. The fraction of sp³-hybridized carbons (Fsp3) is 0.0690. The maximum absolute atomic E-state index is 12.5. The predicted molar refractivity (Wildman–Crippen MR) is 134 cm³/mol. The second-order valence-electron chi connectivity index (χ2n) is 7.34. The summed E-state index contributed by atoms with van der Waals surface area (Å²) in [5, 5.41) is 2.10. The van der Waals surface area contributed by atoms with Crippen LogP contribution in [0.25, 0.3) is 29.0 Å². The van der Waals surface area contributed by atoms with Crippen molar-refractivity contribution in [2.45, 2.75) is 0 Å². The molecule has 4 rings (SSSR count). The summed E-state index contributed by atoms with van der Waals surface area (Å²) in [5.41, 5.74) is 2.66. The van der Waals surface area contributed by atoms with Crippen LogP contribution in [0.4, 0.5) is 0 Å². The van der Waals surface area contributed by atoms with Crippen molar-refractivity contribution in [3.63, 3.8) is 0 Å². The van der Waals surface area contributed by atoms with Crippen molar-refractivity contribution < 1.29 is 19.0 Å². The Morgan fingerprint density at radius 2 is 1.45 bits per heavy atom. The minimum Gasteiger partial charge on any atom is -0.497 e. The van der Waals surface area contributed by atoms with Crippen molar-refractivity contribution in [3.05, 3.63) is 108 Å². The number of rotatable bonds is 7. The van der Waals surface area contributed by atoms with Crippen molar-refractivity contribution in [2.75, 3.05) is 14.2 Å². The number of ether oxygens (including phenoxy) is 3. The molecule has 0 aliphatic heterocycles. The van der Waals surface area contributed by atoms with Crippen LogP contribution in [0.15, 0.2) is 91.0 Å². The quantitative estimate of drug-likeness (QED) is 0.141. The lowest BCUT2D eigenvalue weighted by molar-refractivity contribution is -0.128. The van der Waals surface area contributed by atoms with E-state index in [-0.39, 0.29) is 0 Å². The summed E-state index contributed by atoms with van der Waals surface area (Å²) in [4.78, 5) is 12.5. The number of esters is 1. The van der Waals surface area contributed by atoms with Gasteiger partial charge in [0.15, 0.2) is 0 Å². The minimum atomic E-state index is -0.471. The molecule has 4 aromatic rings. The Balaban J connectivity index is 1.60. The van der Waals surface area contributed by atoms with Gasteiger partial charge in [0, 0.05) is 17.7 Å². The molecule has 0 spiro atoms. The SMILES string of the molecule is COc1cc(/C=C/c2ccccc2)c(/C=C/C(=O)Oc2ccc3ccccc3c2)c(OC)c1. The molecule has 0 heterocycles. The van der Waals surface area contributed by atoms with Crippen molar-refractivity contribution in [1.29, 1.82) is 0 Å². The molecule has 0 N–H and O–H groups in total. The van der Waals surface area contributed by atoms with Gasteiger partial charge < -0.3 is 14.2 Å². The molecular formula is C29H24O4. The number of carbonyl (C=O) groups excluding carboxylic acids is 1. The summed E-state index contributed by atoms with van der Waals surface area (Å²) in [5.74, 6) is 1.28. The fourth-order valence-electron chi connectivity index (χ4n) is 3.51. The van der Waals surface area contributed by atoms with Gasteiger partial charge in [0.25, 0.3) is 0 Å². The fourth-order valence-corrected chi connectivity index (χ4v) is 3.51. The van der Waals surface area contributed by atoms with Crippen molar-refractivity contribution >= 4 is 35.0 Å². The third-order valence-electron chi connectivity index (χ3n) is 5.18. The van der Waals surface area contributed by atoms with Gasteiger partial charge >= 0.3 is 5.97 Å². The molecule has 4 aromatic carbocycles. The van der Waals surface area contributed by atoms with Crippen molar-refractivity contribution in [1.82, 2.24) is 0 Å². The first kappa shape index (κ1) is 21.9. The molecular weight excluding hydrogens is 412 g/mol. The highest BCUT2D eigenvalue weighted by Crippen LogP contribution is 2.31. The first-order valence-electron chi connectivity index (χ1n) is 10.5. The van der Waals surface area contributed by atoms with Gasteiger partial charge in [-0.15, -0.1) is 0 Å². The van der Waals surface area contributed by atoms with Gasteiger partial charge in [-0.25, -0.2) is 4.79 Å². The van der Waals surface area contributed by atoms with E-state index in [1.807, 2.05) is 84.9 Å². The molecule has 0 unspecified atom stereocenters. The summed E-state index contributed by atoms with van der Waals surface area (Å²) in [6, 6.07) is 27.2. The van der Waals surface area contributed by atoms with Crippen LogP contribution in [0.2, 0.25) is 0 Å². The largest absolute Gasteiger partial charge is 0.497 e. The number of carbonyl (C=O) groups is 1. The van der Waals surface area contributed by atoms with Crippen molar-refractivity contribution in [3.8, 4) is 17.2 Å². The second-order valence-corrected chi connectivity index (χ2v) is 7.34. The molecule has 0 aliphatic carbocycles. The number of hydrogen-bond donors (Lipinski definition) is 0. The molecule has 0 atom stereocenters. The summed E-state index contributed by atoms with van der Waals surface area (Å²) >= 11 is 0. The van der Waals surface area contributed by atoms with Crippen LogP contribution >= 0.6 is 0 Å². The van der Waals surface area contributed by atoms with E-state index >= 15 is 0 Å². The standard InChI is InChI=1S/C29H24O4/c1-31-26-19-24(13-12-21-8-4-3-5-9-21)27(28(20-26)32-2)16-17-29(30)33-25-15-14-22-10-6-7-11-23(22)18-25/h3-20H,1-2H3/b13-12+,17-16+. The second kappa shape index (κ2) is 10.3. The topological polar surface area (TPSA) is 44.8 Å². The predicted octanol–water partition coefficient (Wildman–Crippen LogP) is 6.65. The van der Waals surface area contributed by atoms with E-state index in [1.165, 1.54) is 6.08 Å². The van der Waals surface area contributed by atoms with Crippen LogP contribution in [-0.2, 0) is 4.79 Å². The van der Waals surface area contributed by atoms with Gasteiger partial charge in [0.1, 0.15) is 17.2 Å². The van der Waals surface area contributed by atoms with Crippen LogP contribution in [0.3, 0.4) is 0 Å². The summed E-state index contributed by atoms with van der Waals surface area (Å²) < 4.78 is 16.5. The number of benzene rings is 4.